The number of aryl methyl sites for hydroxylation is 1. The van der Waals surface area contributed by atoms with Gasteiger partial charge in [0.25, 0.3) is 0 Å². The highest BCUT2D eigenvalue weighted by atomic mass is 79.9. The van der Waals surface area contributed by atoms with Crippen LogP contribution in [0.25, 0.3) is 0 Å². The maximum atomic E-state index is 4.53. The van der Waals surface area contributed by atoms with Gasteiger partial charge in [0.05, 0.1) is 11.9 Å². The molecule has 0 saturated carbocycles. The van der Waals surface area contributed by atoms with Crippen LogP contribution >= 0.6 is 15.9 Å². The summed E-state index contributed by atoms with van der Waals surface area (Å²) in [7, 11) is 0. The van der Waals surface area contributed by atoms with Gasteiger partial charge in [0.2, 0.25) is 5.95 Å². The van der Waals surface area contributed by atoms with Crippen LogP contribution < -0.4 is 10.2 Å². The zero-order chi connectivity index (χ0) is 13.9. The Morgan fingerprint density at radius 3 is 2.80 bits per heavy atom. The molecule has 1 aliphatic heterocycles. The van der Waals surface area contributed by atoms with Crippen LogP contribution in [0.5, 0.6) is 0 Å². The van der Waals surface area contributed by atoms with E-state index in [1.807, 2.05) is 12.1 Å². The maximum Gasteiger partial charge on any atom is 0.249 e. The molecule has 2 aromatic rings. The van der Waals surface area contributed by atoms with Gasteiger partial charge in [-0.3, -0.25) is 0 Å². The molecule has 1 saturated heterocycles. The van der Waals surface area contributed by atoms with E-state index in [0.717, 1.165) is 29.1 Å². The summed E-state index contributed by atoms with van der Waals surface area (Å²) in [6.45, 7) is 4.15. The number of benzene rings is 1. The van der Waals surface area contributed by atoms with E-state index in [9.17, 15) is 0 Å². The van der Waals surface area contributed by atoms with E-state index in [4.69, 9.17) is 0 Å². The van der Waals surface area contributed by atoms with Crippen molar-refractivity contribution in [3.8, 4) is 0 Å². The van der Waals surface area contributed by atoms with Gasteiger partial charge in [-0.05, 0) is 53.4 Å². The van der Waals surface area contributed by atoms with Crippen LogP contribution in [-0.4, -0.2) is 28.3 Å². The second-order valence-corrected chi connectivity index (χ2v) is 5.79. The molecule has 2 heterocycles. The second-order valence-electron chi connectivity index (χ2n) is 4.94. The summed E-state index contributed by atoms with van der Waals surface area (Å²) in [6, 6.07) is 6.11. The molecule has 0 amide bonds. The van der Waals surface area contributed by atoms with E-state index in [0.29, 0.717) is 5.95 Å². The summed E-state index contributed by atoms with van der Waals surface area (Å²) in [6.07, 6.45) is 4.16. The number of nitrogens with one attached hydrogen (secondary N) is 1. The van der Waals surface area contributed by atoms with Crippen LogP contribution in [0.1, 0.15) is 18.4 Å². The number of rotatable bonds is 3. The molecular formula is C14H16BrN5. The highest BCUT2D eigenvalue weighted by molar-refractivity contribution is 9.10. The van der Waals surface area contributed by atoms with Crippen LogP contribution in [0, 0.1) is 6.92 Å². The Bertz CT molecular complexity index is 610. The highest BCUT2D eigenvalue weighted by Crippen LogP contribution is 2.26. The van der Waals surface area contributed by atoms with E-state index in [-0.39, 0.29) is 0 Å². The van der Waals surface area contributed by atoms with Gasteiger partial charge in [-0.25, -0.2) is 0 Å². The molecular weight excluding hydrogens is 318 g/mol. The Hall–Kier alpha value is -1.69. The number of anilines is 3. The molecule has 1 aromatic heterocycles. The van der Waals surface area contributed by atoms with Crippen molar-refractivity contribution in [1.29, 1.82) is 0 Å². The first-order chi connectivity index (χ1) is 9.72. The maximum absolute atomic E-state index is 4.53. The van der Waals surface area contributed by atoms with Crippen LogP contribution in [-0.2, 0) is 0 Å². The lowest BCUT2D eigenvalue weighted by Gasteiger charge is -2.16. The first-order valence-electron chi connectivity index (χ1n) is 6.70. The van der Waals surface area contributed by atoms with Crippen molar-refractivity contribution in [3.05, 3.63) is 34.4 Å². The molecule has 1 aromatic carbocycles. The van der Waals surface area contributed by atoms with Crippen LogP contribution in [0.15, 0.2) is 28.9 Å². The minimum atomic E-state index is 0.527. The highest BCUT2D eigenvalue weighted by Gasteiger charge is 2.14. The summed E-state index contributed by atoms with van der Waals surface area (Å²) in [5, 5.41) is 11.3. The lowest BCUT2D eigenvalue weighted by Crippen LogP contribution is -2.19. The number of aromatic nitrogens is 3. The van der Waals surface area contributed by atoms with Crippen molar-refractivity contribution in [1.82, 2.24) is 15.2 Å². The molecule has 1 N–H and O–H groups in total. The second kappa shape index (κ2) is 5.75. The molecule has 1 fully saturated rings. The van der Waals surface area contributed by atoms with Crippen molar-refractivity contribution in [3.63, 3.8) is 0 Å². The topological polar surface area (TPSA) is 53.9 Å². The average molecular weight is 334 g/mol. The first-order valence-corrected chi connectivity index (χ1v) is 7.49. The fourth-order valence-electron chi connectivity index (χ4n) is 2.29. The third-order valence-electron chi connectivity index (χ3n) is 3.35. The molecule has 0 atom stereocenters. The summed E-state index contributed by atoms with van der Waals surface area (Å²) in [5.41, 5.74) is 2.14. The SMILES string of the molecule is Cc1ccc(Nc2nncc(N3CCCC3)n2)c(Br)c1. The lowest BCUT2D eigenvalue weighted by molar-refractivity contribution is 0.890. The Balaban J connectivity index is 1.81. The van der Waals surface area contributed by atoms with Gasteiger partial charge in [0.15, 0.2) is 5.82 Å². The predicted octanol–water partition coefficient (Wildman–Crippen LogP) is 3.29. The number of hydrogen-bond acceptors (Lipinski definition) is 5. The monoisotopic (exact) mass is 333 g/mol. The molecule has 5 nitrogen and oxygen atoms in total. The van der Waals surface area contributed by atoms with Gasteiger partial charge in [0, 0.05) is 17.6 Å². The minimum absolute atomic E-state index is 0.527. The molecule has 0 aliphatic carbocycles. The van der Waals surface area contributed by atoms with Gasteiger partial charge >= 0.3 is 0 Å². The first kappa shape index (κ1) is 13.3. The molecule has 0 bridgehead atoms. The van der Waals surface area contributed by atoms with Gasteiger partial charge in [-0.2, -0.15) is 10.1 Å². The Morgan fingerprint density at radius 1 is 1.25 bits per heavy atom. The van der Waals surface area contributed by atoms with E-state index < -0.39 is 0 Å². The molecule has 104 valence electrons. The molecule has 0 spiro atoms. The van der Waals surface area contributed by atoms with Gasteiger partial charge in [-0.15, -0.1) is 5.10 Å². The van der Waals surface area contributed by atoms with Crippen molar-refractivity contribution in [2.45, 2.75) is 19.8 Å². The molecule has 0 radical (unpaired) electrons. The standard InChI is InChI=1S/C14H16BrN5/c1-10-4-5-12(11(15)8-10)17-14-18-13(9-16-19-14)20-6-2-3-7-20/h4-5,8-9H,2-3,6-7H2,1H3,(H,17,18,19). The largest absolute Gasteiger partial charge is 0.355 e. The van der Waals surface area contributed by atoms with E-state index in [1.54, 1.807) is 6.20 Å². The zero-order valence-corrected chi connectivity index (χ0v) is 12.9. The Kier molecular flexibility index (Phi) is 3.82. The number of nitrogens with zero attached hydrogens (tertiary/aromatic N) is 4. The van der Waals surface area contributed by atoms with Gasteiger partial charge in [-0.1, -0.05) is 6.07 Å². The average Bonchev–Trinajstić information content (AvgIpc) is 2.96. The van der Waals surface area contributed by atoms with Crippen molar-refractivity contribution in [2.24, 2.45) is 0 Å². The number of hydrogen-bond donors (Lipinski definition) is 1. The summed E-state index contributed by atoms with van der Waals surface area (Å²) < 4.78 is 0.993. The van der Waals surface area contributed by atoms with E-state index in [1.165, 1.54) is 18.4 Å². The molecule has 1 aliphatic rings. The van der Waals surface area contributed by atoms with Gasteiger partial charge < -0.3 is 10.2 Å². The normalized spacial score (nSPS) is 14.6. The Labute approximate surface area is 126 Å². The van der Waals surface area contributed by atoms with Crippen LogP contribution in [0.3, 0.4) is 0 Å². The fourth-order valence-corrected chi connectivity index (χ4v) is 2.88. The van der Waals surface area contributed by atoms with Crippen molar-refractivity contribution >= 4 is 33.4 Å². The third kappa shape index (κ3) is 2.90. The van der Waals surface area contributed by atoms with Crippen LogP contribution in [0.2, 0.25) is 0 Å². The summed E-state index contributed by atoms with van der Waals surface area (Å²) in [5.74, 6) is 1.42. The lowest BCUT2D eigenvalue weighted by atomic mass is 10.2. The fraction of sp³-hybridized carbons (Fsp3) is 0.357. The van der Waals surface area contributed by atoms with E-state index >= 15 is 0 Å². The van der Waals surface area contributed by atoms with Crippen LogP contribution in [0.4, 0.5) is 17.5 Å². The molecule has 3 rings (SSSR count). The van der Waals surface area contributed by atoms with E-state index in [2.05, 4.69) is 54.3 Å². The van der Waals surface area contributed by atoms with Gasteiger partial charge in [0.1, 0.15) is 0 Å². The quantitative estimate of drug-likeness (QED) is 0.933. The smallest absolute Gasteiger partial charge is 0.249 e. The summed E-state index contributed by atoms with van der Waals surface area (Å²) in [4.78, 5) is 6.77. The molecule has 6 heteroatoms. The minimum Gasteiger partial charge on any atom is -0.355 e. The predicted molar refractivity (Wildman–Crippen MR) is 83.4 cm³/mol. The molecule has 20 heavy (non-hydrogen) atoms. The van der Waals surface area contributed by atoms with Crippen molar-refractivity contribution in [2.75, 3.05) is 23.3 Å². The third-order valence-corrected chi connectivity index (χ3v) is 4.00. The zero-order valence-electron chi connectivity index (χ0n) is 11.3. The molecule has 0 unspecified atom stereocenters. The Morgan fingerprint density at radius 2 is 2.05 bits per heavy atom. The summed E-state index contributed by atoms with van der Waals surface area (Å²) >= 11 is 3.54. The van der Waals surface area contributed by atoms with Crippen molar-refractivity contribution < 1.29 is 0 Å². The number of halogens is 1.